The summed E-state index contributed by atoms with van der Waals surface area (Å²) in [6.45, 7) is 14.8. The van der Waals surface area contributed by atoms with Gasteiger partial charge in [-0.15, -0.1) is 0 Å². The van der Waals surface area contributed by atoms with Crippen molar-refractivity contribution in [2.24, 2.45) is 11.7 Å². The van der Waals surface area contributed by atoms with Gasteiger partial charge in [-0.2, -0.15) is 0 Å². The van der Waals surface area contributed by atoms with Crippen molar-refractivity contribution in [1.29, 1.82) is 0 Å². The van der Waals surface area contributed by atoms with E-state index in [0.717, 1.165) is 44.8 Å². The van der Waals surface area contributed by atoms with Gasteiger partial charge in [0, 0.05) is 6.54 Å². The highest BCUT2D eigenvalue weighted by Gasteiger charge is 2.28. The summed E-state index contributed by atoms with van der Waals surface area (Å²) in [4.78, 5) is 14.0. The Balaban J connectivity index is 4.06. The molecule has 120 valence electrons. The molecular formula is C16H35N3O. The number of nitrogens with zero attached hydrogens (tertiary/aromatic N) is 1. The van der Waals surface area contributed by atoms with Crippen molar-refractivity contribution >= 4 is 5.91 Å². The number of nitrogens with one attached hydrogen (secondary N) is 1. The minimum atomic E-state index is -0.553. The number of carbonyl (C=O) groups is 1. The Morgan fingerprint density at radius 1 is 1.30 bits per heavy atom. The lowest BCUT2D eigenvalue weighted by atomic mass is 9.94. The number of hydrogen-bond donors (Lipinski definition) is 2. The van der Waals surface area contributed by atoms with Crippen LogP contribution in [0.25, 0.3) is 0 Å². The van der Waals surface area contributed by atoms with Gasteiger partial charge < -0.3 is 16.0 Å². The molecule has 0 saturated carbocycles. The Hall–Kier alpha value is -0.610. The smallest absolute Gasteiger partial charge is 0.237 e. The minimum absolute atomic E-state index is 0.244. The summed E-state index contributed by atoms with van der Waals surface area (Å²) in [7, 11) is 0. The molecule has 0 saturated heterocycles. The van der Waals surface area contributed by atoms with Crippen LogP contribution in [0, 0.1) is 5.92 Å². The van der Waals surface area contributed by atoms with Crippen LogP contribution in [0.3, 0.4) is 0 Å². The van der Waals surface area contributed by atoms with E-state index < -0.39 is 5.54 Å². The first-order valence-corrected chi connectivity index (χ1v) is 8.16. The molecule has 0 aliphatic heterocycles. The molecule has 0 aromatic carbocycles. The summed E-state index contributed by atoms with van der Waals surface area (Å²) in [5, 5.41) is 3.21. The topological polar surface area (TPSA) is 58.4 Å². The largest absolute Gasteiger partial charge is 0.368 e. The predicted molar refractivity (Wildman–Crippen MR) is 86.7 cm³/mol. The van der Waals surface area contributed by atoms with Crippen molar-refractivity contribution in [2.45, 2.75) is 65.8 Å². The van der Waals surface area contributed by atoms with Crippen molar-refractivity contribution < 1.29 is 4.79 Å². The molecule has 4 heteroatoms. The third-order valence-electron chi connectivity index (χ3n) is 4.23. The number of carbonyl (C=O) groups excluding carboxylic acids is 1. The summed E-state index contributed by atoms with van der Waals surface area (Å²) < 4.78 is 0. The van der Waals surface area contributed by atoms with Crippen LogP contribution in [0.15, 0.2) is 0 Å². The molecule has 0 heterocycles. The van der Waals surface area contributed by atoms with Crippen molar-refractivity contribution in [3.05, 3.63) is 0 Å². The van der Waals surface area contributed by atoms with E-state index in [-0.39, 0.29) is 5.91 Å². The lowest BCUT2D eigenvalue weighted by Gasteiger charge is -2.28. The van der Waals surface area contributed by atoms with Crippen LogP contribution >= 0.6 is 0 Å². The molecular weight excluding hydrogens is 250 g/mol. The summed E-state index contributed by atoms with van der Waals surface area (Å²) in [5.41, 5.74) is 4.94. The van der Waals surface area contributed by atoms with E-state index in [4.69, 9.17) is 5.73 Å². The SMILES string of the molecule is CCNC(C)(CCCCN(CC)CC(C)CC)C(N)=O. The molecule has 0 bridgehead atoms. The average molecular weight is 285 g/mol. The van der Waals surface area contributed by atoms with E-state index in [9.17, 15) is 4.79 Å². The summed E-state index contributed by atoms with van der Waals surface area (Å²) in [6.07, 6.45) is 4.20. The van der Waals surface area contributed by atoms with Crippen LogP contribution < -0.4 is 11.1 Å². The molecule has 0 aromatic rings. The van der Waals surface area contributed by atoms with Gasteiger partial charge >= 0.3 is 0 Å². The fraction of sp³-hybridized carbons (Fsp3) is 0.938. The second-order valence-electron chi connectivity index (χ2n) is 6.09. The van der Waals surface area contributed by atoms with Crippen LogP contribution in [0.4, 0.5) is 0 Å². The highest BCUT2D eigenvalue weighted by atomic mass is 16.1. The highest BCUT2D eigenvalue weighted by Crippen LogP contribution is 2.14. The Labute approximate surface area is 125 Å². The van der Waals surface area contributed by atoms with E-state index in [1.165, 1.54) is 13.0 Å². The van der Waals surface area contributed by atoms with Crippen LogP contribution in [0.5, 0.6) is 0 Å². The molecule has 3 N–H and O–H groups in total. The number of unbranched alkanes of at least 4 members (excludes halogenated alkanes) is 1. The van der Waals surface area contributed by atoms with Gasteiger partial charge in [-0.25, -0.2) is 0 Å². The van der Waals surface area contributed by atoms with Gasteiger partial charge in [0.25, 0.3) is 0 Å². The Bertz CT molecular complexity index is 270. The first kappa shape index (κ1) is 19.4. The lowest BCUT2D eigenvalue weighted by molar-refractivity contribution is -0.124. The van der Waals surface area contributed by atoms with Crippen molar-refractivity contribution in [3.8, 4) is 0 Å². The fourth-order valence-corrected chi connectivity index (χ4v) is 2.45. The summed E-state index contributed by atoms with van der Waals surface area (Å²) >= 11 is 0. The van der Waals surface area contributed by atoms with E-state index in [1.54, 1.807) is 0 Å². The number of primary amides is 1. The van der Waals surface area contributed by atoms with Gasteiger partial charge in [-0.05, 0) is 51.7 Å². The molecule has 0 aliphatic rings. The van der Waals surface area contributed by atoms with Gasteiger partial charge in [-0.3, -0.25) is 4.79 Å². The van der Waals surface area contributed by atoms with Gasteiger partial charge in [0.15, 0.2) is 0 Å². The molecule has 0 radical (unpaired) electrons. The van der Waals surface area contributed by atoms with Crippen molar-refractivity contribution in [3.63, 3.8) is 0 Å². The molecule has 4 nitrogen and oxygen atoms in total. The lowest BCUT2D eigenvalue weighted by Crippen LogP contribution is -2.53. The first-order chi connectivity index (χ1) is 9.39. The van der Waals surface area contributed by atoms with Gasteiger partial charge in [0.2, 0.25) is 5.91 Å². The number of amides is 1. The number of nitrogens with two attached hydrogens (primary N) is 1. The molecule has 0 aliphatic carbocycles. The Morgan fingerprint density at radius 3 is 2.40 bits per heavy atom. The van der Waals surface area contributed by atoms with Crippen molar-refractivity contribution in [2.75, 3.05) is 26.2 Å². The maximum atomic E-state index is 11.5. The molecule has 2 unspecified atom stereocenters. The summed E-state index contributed by atoms with van der Waals surface area (Å²) in [5.74, 6) is 0.513. The second kappa shape index (κ2) is 10.2. The molecule has 0 rings (SSSR count). The predicted octanol–water partition coefficient (Wildman–Crippen LogP) is 2.38. The second-order valence-corrected chi connectivity index (χ2v) is 6.09. The Kier molecular flexibility index (Phi) is 9.86. The normalized spacial score (nSPS) is 16.1. The number of likely N-dealkylation sites (N-methyl/N-ethyl adjacent to an activating group) is 1. The number of rotatable bonds is 12. The van der Waals surface area contributed by atoms with Gasteiger partial charge in [-0.1, -0.05) is 34.1 Å². The van der Waals surface area contributed by atoms with Crippen LogP contribution in [-0.2, 0) is 4.79 Å². The zero-order chi connectivity index (χ0) is 15.6. The molecule has 1 amide bonds. The van der Waals surface area contributed by atoms with Gasteiger partial charge in [0.1, 0.15) is 0 Å². The summed E-state index contributed by atoms with van der Waals surface area (Å²) in [6, 6.07) is 0. The van der Waals surface area contributed by atoms with Gasteiger partial charge in [0.05, 0.1) is 5.54 Å². The van der Waals surface area contributed by atoms with E-state index >= 15 is 0 Å². The quantitative estimate of drug-likeness (QED) is 0.541. The zero-order valence-electron chi connectivity index (χ0n) is 14.2. The maximum absolute atomic E-state index is 11.5. The first-order valence-electron chi connectivity index (χ1n) is 8.16. The fourth-order valence-electron chi connectivity index (χ4n) is 2.45. The van der Waals surface area contributed by atoms with Crippen molar-refractivity contribution in [1.82, 2.24) is 10.2 Å². The highest BCUT2D eigenvalue weighted by molar-refractivity contribution is 5.84. The molecule has 20 heavy (non-hydrogen) atoms. The molecule has 0 spiro atoms. The average Bonchev–Trinajstić information content (AvgIpc) is 2.41. The third-order valence-corrected chi connectivity index (χ3v) is 4.23. The van der Waals surface area contributed by atoms with E-state index in [1.807, 2.05) is 13.8 Å². The van der Waals surface area contributed by atoms with Crippen LogP contribution in [0.2, 0.25) is 0 Å². The molecule has 0 aromatic heterocycles. The maximum Gasteiger partial charge on any atom is 0.237 e. The number of hydrogen-bond acceptors (Lipinski definition) is 3. The van der Waals surface area contributed by atoms with Crippen LogP contribution in [0.1, 0.15) is 60.3 Å². The third kappa shape index (κ3) is 7.25. The minimum Gasteiger partial charge on any atom is -0.368 e. The van der Waals surface area contributed by atoms with E-state index in [2.05, 4.69) is 31.0 Å². The van der Waals surface area contributed by atoms with Crippen LogP contribution in [-0.4, -0.2) is 42.5 Å². The standard InChI is InChI=1S/C16H35N3O/c1-6-14(4)13-19(8-3)12-10-9-11-16(5,15(17)20)18-7-2/h14,18H,6-13H2,1-5H3,(H2,17,20). The van der Waals surface area contributed by atoms with E-state index in [0.29, 0.717) is 0 Å². The molecule has 2 atom stereocenters. The zero-order valence-corrected chi connectivity index (χ0v) is 14.2. The molecule has 0 fully saturated rings. The Morgan fingerprint density at radius 2 is 1.95 bits per heavy atom. The monoisotopic (exact) mass is 285 g/mol.